The Hall–Kier alpha value is -18.0. The fourth-order valence-electron chi connectivity index (χ4n) is 13.0. The van der Waals surface area contributed by atoms with E-state index in [2.05, 4.69) is 190 Å². The van der Waals surface area contributed by atoms with Gasteiger partial charge in [0.05, 0.1) is 95.7 Å². The molecule has 0 amide bonds. The van der Waals surface area contributed by atoms with Crippen LogP contribution in [-0.2, 0) is 0 Å². The Balaban J connectivity index is 0.000000103. The van der Waals surface area contributed by atoms with Gasteiger partial charge in [-0.3, -0.25) is 15.0 Å². The van der Waals surface area contributed by atoms with E-state index in [0.29, 0.717) is 5.65 Å². The molecule has 0 bridgehead atoms. The molecule has 0 atom stereocenters. The number of aromatic nitrogens is 21. The number of hydrogen-bond donors (Lipinski definition) is 1. The van der Waals surface area contributed by atoms with Gasteiger partial charge in [0, 0.05) is 115 Å². The number of para-hydroxylation sites is 14. The first-order chi connectivity index (χ1) is 64.0. The van der Waals surface area contributed by atoms with Crippen LogP contribution in [0.25, 0.3) is 164 Å². The fourth-order valence-corrected chi connectivity index (χ4v) is 13.7. The lowest BCUT2D eigenvalue weighted by atomic mass is 10.1. The largest absolute Gasteiger partial charge is 0.443 e. The van der Waals surface area contributed by atoms with Crippen molar-refractivity contribution in [2.24, 2.45) is 0 Å². The molecule has 0 spiro atoms. The Morgan fingerprint density at radius 3 is 1.22 bits per heavy atom. The van der Waals surface area contributed by atoms with E-state index >= 15 is 0 Å². The van der Waals surface area contributed by atoms with Crippen molar-refractivity contribution in [3.05, 3.63) is 463 Å². The number of fused-ring (bicyclic) bond motifs is 16. The summed E-state index contributed by atoms with van der Waals surface area (Å²) in [5.41, 5.74) is 19.1. The van der Waals surface area contributed by atoms with Crippen molar-refractivity contribution in [3.63, 3.8) is 0 Å². The summed E-state index contributed by atoms with van der Waals surface area (Å²) >= 11 is 1.68. The minimum Gasteiger partial charge on any atom is -0.443 e. The first kappa shape index (κ1) is 84.6. The highest BCUT2D eigenvalue weighted by Crippen LogP contribution is 2.26. The molecule has 23 heteroatoms. The third kappa shape index (κ3) is 23.9. The van der Waals surface area contributed by atoms with Crippen molar-refractivity contribution in [2.45, 2.75) is 0 Å². The zero-order valence-corrected chi connectivity index (χ0v) is 70.0. The zero-order valence-electron chi connectivity index (χ0n) is 69.1. The molecular weight excluding hydrogens is 1620 g/mol. The van der Waals surface area contributed by atoms with Gasteiger partial charge in [0.2, 0.25) is 0 Å². The van der Waals surface area contributed by atoms with E-state index in [1.54, 1.807) is 79.6 Å². The van der Waals surface area contributed by atoms with Gasteiger partial charge in [-0.15, -0.1) is 11.3 Å². The number of nitrogens with zero attached hydrogens (tertiary/aromatic N) is 20. The predicted octanol–water partition coefficient (Wildman–Crippen LogP) is 24.4. The van der Waals surface area contributed by atoms with Crippen LogP contribution in [0.3, 0.4) is 0 Å². The molecule has 0 saturated carbocycles. The minimum atomic E-state index is 0.637. The number of aromatic amines is 1. The van der Waals surface area contributed by atoms with Crippen LogP contribution in [0.1, 0.15) is 0 Å². The third-order valence-corrected chi connectivity index (χ3v) is 20.1. The molecule has 0 unspecified atom stereocenters. The van der Waals surface area contributed by atoms with Gasteiger partial charge in [-0.1, -0.05) is 218 Å². The summed E-state index contributed by atoms with van der Waals surface area (Å²) in [6.07, 6.45) is 26.9. The lowest BCUT2D eigenvalue weighted by Gasteiger charge is -1.99. The van der Waals surface area contributed by atoms with Gasteiger partial charge < -0.3 is 9.40 Å². The maximum Gasteiger partial charge on any atom is 0.181 e. The first-order valence-corrected chi connectivity index (χ1v) is 41.7. The molecule has 14 aromatic heterocycles. The Kier molecular flexibility index (Phi) is 29.3. The molecule has 0 aliphatic carbocycles. The average molecular weight is 1690 g/mol. The van der Waals surface area contributed by atoms with E-state index in [-0.39, 0.29) is 0 Å². The van der Waals surface area contributed by atoms with Gasteiger partial charge in [-0.05, 0) is 150 Å². The molecule has 14 heterocycles. The van der Waals surface area contributed by atoms with Crippen molar-refractivity contribution in [2.75, 3.05) is 0 Å². The number of pyridine rings is 4. The van der Waals surface area contributed by atoms with Gasteiger partial charge in [0.1, 0.15) is 23.7 Å². The van der Waals surface area contributed by atoms with E-state index in [0.717, 1.165) is 110 Å². The third-order valence-electron chi connectivity index (χ3n) is 19.3. The fraction of sp³-hybridized carbons (Fsp3) is 0. The van der Waals surface area contributed by atoms with Gasteiger partial charge in [-0.2, -0.15) is 20.4 Å². The van der Waals surface area contributed by atoms with Crippen molar-refractivity contribution in [1.29, 1.82) is 0 Å². The number of oxazole rings is 1. The molecule has 0 aliphatic rings. The zero-order chi connectivity index (χ0) is 87.3. The first-order valence-electron chi connectivity index (χ1n) is 40.8. The highest BCUT2D eigenvalue weighted by atomic mass is 32.1. The maximum absolute atomic E-state index is 5.01. The summed E-state index contributed by atoms with van der Waals surface area (Å²) < 4.78 is 6.27. The topological polar surface area (TPSA) is 287 Å². The Bertz CT molecular complexity index is 6560. The van der Waals surface area contributed by atoms with Crippen LogP contribution in [0.2, 0.25) is 0 Å². The average Bonchev–Trinajstić information content (AvgIpc) is 1.61. The van der Waals surface area contributed by atoms with Gasteiger partial charge >= 0.3 is 0 Å². The molecule has 618 valence electrons. The summed E-state index contributed by atoms with van der Waals surface area (Å²) in [6, 6.07) is 119. The summed E-state index contributed by atoms with van der Waals surface area (Å²) in [6.45, 7) is 0. The van der Waals surface area contributed by atoms with Crippen molar-refractivity contribution >= 4 is 175 Å². The van der Waals surface area contributed by atoms with Gasteiger partial charge in [0.25, 0.3) is 0 Å². The normalized spacial score (nSPS) is 10.3. The van der Waals surface area contributed by atoms with Crippen molar-refractivity contribution in [1.82, 2.24) is 105 Å². The highest BCUT2D eigenvalue weighted by molar-refractivity contribution is 7.16. The van der Waals surface area contributed by atoms with Crippen molar-refractivity contribution in [3.8, 4) is 0 Å². The molecule has 27 aromatic rings. The highest BCUT2D eigenvalue weighted by Gasteiger charge is 2.04. The van der Waals surface area contributed by atoms with Crippen LogP contribution in [-0.4, -0.2) is 105 Å². The summed E-state index contributed by atoms with van der Waals surface area (Å²) in [7, 11) is 0. The number of rotatable bonds is 0. The van der Waals surface area contributed by atoms with Gasteiger partial charge in [0.15, 0.2) is 23.3 Å². The van der Waals surface area contributed by atoms with Crippen LogP contribution < -0.4 is 0 Å². The molecule has 0 aliphatic heterocycles. The second kappa shape index (κ2) is 44.7. The Morgan fingerprint density at radius 1 is 0.225 bits per heavy atom. The SMILES string of the molecule is c1ccc2c(c1)[nH]c1ccccc12.c1ccc2cnccc2c1.c1ccc2cnncc2c1.c1ccc2nc3ccccc3cc2c1.c1ccc2nc3ccccc3nc2c1.c1ccc2nccnc2c1.c1ccc2ncncc2c1.c1ccc2nnccc2c1.c1ccc2ocnc2c1.c1ccc2scnc2c1.c1cnc2ncccc2c1.c1cnc2ncncc2n1. The van der Waals surface area contributed by atoms with Gasteiger partial charge in [-0.25, -0.2) is 64.8 Å². The number of thiazole rings is 1. The standard InChI is InChI=1S/C13H9N.C12H8N2.C12H9N.C9H7N.5C8H6N2.C7H5NO.C7H5NS.C6H4N4/c1-3-7-12-10(5-1)9-11-6-2-4-8-13(11)14-12;1-2-6-10-9(5-1)13-11-7-3-4-8-12(11)14-10;1-3-7-11-9(5-1)10-6-2-4-8-12(10)13-11;1-2-4-9-7-10-6-5-8(9)3-1;1-3-7-4-2-6-10-8(7)9-5-1;1-2-4-8-7(3-1)5-9-6-10-8;1-2-4-8-6-10-9-5-7(8)3-1;1-2-4-8-7(3-1)9-5-6-10-8;1-2-4-8-7(3-1)5-6-9-10-8;2*1-2-4-7-6(3-1)8-5-9-7;1-2-9-6-5(8-1)3-7-4-10-6/h1-9H;1-8H;1-8,13H;1-7H;5*1-6H;2*1-5H;1-4H. The molecule has 0 saturated heterocycles. The summed E-state index contributed by atoms with van der Waals surface area (Å²) in [5, 5.41) is 28.3. The molecule has 27 rings (SSSR count). The second-order valence-electron chi connectivity index (χ2n) is 27.8. The molecule has 13 aromatic carbocycles. The van der Waals surface area contributed by atoms with E-state index in [9.17, 15) is 0 Å². The van der Waals surface area contributed by atoms with Crippen LogP contribution >= 0.6 is 11.3 Å². The molecule has 0 radical (unpaired) electrons. The maximum atomic E-state index is 5.01. The van der Waals surface area contributed by atoms with Crippen LogP contribution in [0.5, 0.6) is 0 Å². The second-order valence-corrected chi connectivity index (χ2v) is 28.7. The number of benzene rings is 13. The number of nitrogens with one attached hydrogen (secondary N) is 1. The van der Waals surface area contributed by atoms with Crippen LogP contribution in [0.15, 0.2) is 467 Å². The van der Waals surface area contributed by atoms with E-state index in [1.807, 2.05) is 297 Å². The monoisotopic (exact) mass is 1690 g/mol. The van der Waals surface area contributed by atoms with Crippen LogP contribution in [0.4, 0.5) is 0 Å². The lowest BCUT2D eigenvalue weighted by Crippen LogP contribution is -1.85. The molecule has 129 heavy (non-hydrogen) atoms. The molecule has 0 fully saturated rings. The van der Waals surface area contributed by atoms with Crippen molar-refractivity contribution < 1.29 is 4.42 Å². The molecular formula is C106H77N21OS. The number of H-pyrrole nitrogens is 1. The Morgan fingerprint density at radius 2 is 0.651 bits per heavy atom. The molecule has 1 N–H and O–H groups in total. The van der Waals surface area contributed by atoms with E-state index in [4.69, 9.17) is 4.42 Å². The lowest BCUT2D eigenvalue weighted by molar-refractivity contribution is 0.602. The van der Waals surface area contributed by atoms with E-state index < -0.39 is 0 Å². The molecule has 22 nitrogen and oxygen atoms in total. The van der Waals surface area contributed by atoms with E-state index in [1.165, 1.54) is 60.8 Å². The summed E-state index contributed by atoms with van der Waals surface area (Å²) in [4.78, 5) is 69.1. The quantitative estimate of drug-likeness (QED) is 0.138. The predicted molar refractivity (Wildman–Crippen MR) is 520 cm³/mol. The smallest absolute Gasteiger partial charge is 0.181 e. The van der Waals surface area contributed by atoms with Crippen LogP contribution in [0, 0.1) is 0 Å². The minimum absolute atomic E-state index is 0.637. The summed E-state index contributed by atoms with van der Waals surface area (Å²) in [5.74, 6) is 0. The number of hydrogen-bond acceptors (Lipinski definition) is 22. The Labute approximate surface area is 742 Å².